The Bertz CT molecular complexity index is 948. The van der Waals surface area contributed by atoms with Gasteiger partial charge >= 0.3 is 0 Å². The van der Waals surface area contributed by atoms with E-state index in [1.54, 1.807) is 0 Å². The zero-order valence-corrected chi connectivity index (χ0v) is 19.9. The lowest BCUT2D eigenvalue weighted by molar-refractivity contribution is -0.117. The van der Waals surface area contributed by atoms with Crippen LogP contribution in [0.15, 0.2) is 36.0 Å². The molecule has 0 aromatic heterocycles. The summed E-state index contributed by atoms with van der Waals surface area (Å²) in [6.45, 7) is 9.73. The molecule has 5 rings (SSSR count). The number of rotatable bonds is 4. The summed E-state index contributed by atoms with van der Waals surface area (Å²) in [7, 11) is 0. The molecule has 172 valence electrons. The van der Waals surface area contributed by atoms with Crippen LogP contribution in [0.25, 0.3) is 0 Å². The van der Waals surface area contributed by atoms with E-state index in [0.29, 0.717) is 30.0 Å². The summed E-state index contributed by atoms with van der Waals surface area (Å²) >= 11 is 0. The summed E-state index contributed by atoms with van der Waals surface area (Å²) in [4.78, 5) is 25.6. The smallest absolute Gasteiger partial charge is 0.166 e. The maximum absolute atomic E-state index is 13.6. The first-order valence-corrected chi connectivity index (χ1v) is 12.5. The van der Waals surface area contributed by atoms with Crippen LogP contribution in [0.5, 0.6) is 5.75 Å². The number of hydrogen-bond donors (Lipinski definition) is 1. The Labute approximate surface area is 192 Å². The monoisotopic (exact) mass is 435 g/mol. The third kappa shape index (κ3) is 3.33. The van der Waals surface area contributed by atoms with Crippen molar-refractivity contribution in [3.8, 4) is 5.75 Å². The number of carbonyl (C=O) groups excluding carboxylic acids is 2. The highest BCUT2D eigenvalue weighted by Crippen LogP contribution is 2.64. The van der Waals surface area contributed by atoms with Crippen molar-refractivity contribution in [2.24, 2.45) is 34.5 Å². The van der Waals surface area contributed by atoms with Crippen LogP contribution in [0.3, 0.4) is 0 Å². The molecule has 1 aliphatic heterocycles. The Morgan fingerprint density at radius 3 is 2.53 bits per heavy atom. The number of benzene rings is 1. The molecule has 1 saturated heterocycles. The second-order valence-electron chi connectivity index (χ2n) is 11.4. The Morgan fingerprint density at radius 2 is 1.81 bits per heavy atom. The first kappa shape index (κ1) is 21.7. The molecule has 3 aliphatic carbocycles. The molecule has 4 nitrogen and oxygen atoms in total. The van der Waals surface area contributed by atoms with Crippen LogP contribution in [-0.4, -0.2) is 24.2 Å². The number of hydrogen-bond acceptors (Lipinski definition) is 4. The lowest BCUT2D eigenvalue weighted by atomic mass is 9.49. The third-order valence-corrected chi connectivity index (χ3v) is 9.42. The molecule has 3 fully saturated rings. The van der Waals surface area contributed by atoms with Gasteiger partial charge in [0.1, 0.15) is 5.75 Å². The Hall–Kier alpha value is -2.10. The second kappa shape index (κ2) is 7.74. The van der Waals surface area contributed by atoms with Crippen LogP contribution in [0, 0.1) is 34.5 Å². The van der Waals surface area contributed by atoms with Crippen LogP contribution in [0.4, 0.5) is 0 Å². The summed E-state index contributed by atoms with van der Waals surface area (Å²) in [5.41, 5.74) is 2.15. The second-order valence-corrected chi connectivity index (χ2v) is 11.4. The minimum absolute atomic E-state index is 0.0646. The predicted molar refractivity (Wildman–Crippen MR) is 126 cm³/mol. The molecule has 0 spiro atoms. The van der Waals surface area contributed by atoms with Crippen molar-refractivity contribution in [2.75, 3.05) is 6.54 Å². The van der Waals surface area contributed by atoms with Crippen LogP contribution in [-0.2, 0) is 4.79 Å². The van der Waals surface area contributed by atoms with Crippen molar-refractivity contribution >= 4 is 11.6 Å². The molecule has 4 aliphatic rings. The largest absolute Gasteiger partial charge is 0.491 e. The van der Waals surface area contributed by atoms with Gasteiger partial charge in [0.25, 0.3) is 0 Å². The van der Waals surface area contributed by atoms with Gasteiger partial charge in [-0.05, 0) is 93.4 Å². The minimum atomic E-state index is 0.0646. The summed E-state index contributed by atoms with van der Waals surface area (Å²) in [6.07, 6.45) is 8.04. The quantitative estimate of drug-likeness (QED) is 0.628. The van der Waals surface area contributed by atoms with Crippen LogP contribution >= 0.6 is 0 Å². The fraction of sp³-hybridized carbons (Fsp3) is 0.643. The molecular formula is C28H37NO3. The fourth-order valence-electron chi connectivity index (χ4n) is 7.75. The predicted octanol–water partition coefficient (Wildman–Crippen LogP) is 5.57. The van der Waals surface area contributed by atoms with E-state index in [9.17, 15) is 9.59 Å². The van der Waals surface area contributed by atoms with Crippen LogP contribution < -0.4 is 10.1 Å². The third-order valence-electron chi connectivity index (χ3n) is 9.42. The maximum Gasteiger partial charge on any atom is 0.166 e. The molecule has 0 amide bonds. The molecule has 0 bridgehead atoms. The van der Waals surface area contributed by atoms with E-state index in [2.05, 4.69) is 19.2 Å². The van der Waals surface area contributed by atoms with Gasteiger partial charge in [-0.2, -0.15) is 0 Å². The number of allylic oxidation sites excluding steroid dienone is 2. The standard InChI is InChI=1S/C28H37NO3/c1-17(2)32-20-7-5-18(6-8-20)26(31)24-10-9-22-21-16-29-25-15-19(30)11-13-28(25,4)23(21)12-14-27(22,24)3/h5-8,15,17,21-24,29H,9-14,16H2,1-4H3/t21-,22-,23-,24+,27-,28+/m0/s1. The van der Waals surface area contributed by atoms with Gasteiger partial charge in [-0.1, -0.05) is 13.8 Å². The van der Waals surface area contributed by atoms with E-state index >= 15 is 0 Å². The maximum atomic E-state index is 13.6. The highest BCUT2D eigenvalue weighted by Gasteiger charge is 2.60. The average molecular weight is 436 g/mol. The van der Waals surface area contributed by atoms with Gasteiger partial charge in [-0.3, -0.25) is 9.59 Å². The molecular weight excluding hydrogens is 398 g/mol. The van der Waals surface area contributed by atoms with Gasteiger partial charge in [0.2, 0.25) is 0 Å². The van der Waals surface area contributed by atoms with Crippen LogP contribution in [0.1, 0.15) is 76.6 Å². The Balaban J connectivity index is 1.37. The van der Waals surface area contributed by atoms with Gasteiger partial charge < -0.3 is 10.1 Å². The average Bonchev–Trinajstić information content (AvgIpc) is 3.11. The number of fused-ring (bicyclic) bond motifs is 5. The number of nitrogens with one attached hydrogen (secondary N) is 1. The SMILES string of the molecule is CC(C)Oc1ccc(C(=O)[C@H]2CC[C@H]3[C@@H]4CNC5=CC(=O)CC[C@]5(C)[C@H]4CC[C@]23C)cc1. The van der Waals surface area contributed by atoms with E-state index in [1.165, 1.54) is 5.70 Å². The van der Waals surface area contributed by atoms with E-state index in [-0.39, 0.29) is 28.6 Å². The van der Waals surface area contributed by atoms with E-state index in [4.69, 9.17) is 4.74 Å². The van der Waals surface area contributed by atoms with Gasteiger partial charge in [0, 0.05) is 41.6 Å². The molecule has 1 aromatic rings. The van der Waals surface area contributed by atoms with Crippen molar-refractivity contribution in [3.05, 3.63) is 41.6 Å². The number of ketones is 2. The summed E-state index contributed by atoms with van der Waals surface area (Å²) in [6, 6.07) is 7.76. The highest BCUT2D eigenvalue weighted by molar-refractivity contribution is 5.98. The van der Waals surface area contributed by atoms with Crippen LogP contribution in [0.2, 0.25) is 0 Å². The first-order chi connectivity index (χ1) is 15.2. The molecule has 0 radical (unpaired) electrons. The summed E-state index contributed by atoms with van der Waals surface area (Å²) in [5.74, 6) is 3.27. The topological polar surface area (TPSA) is 55.4 Å². The summed E-state index contributed by atoms with van der Waals surface area (Å²) < 4.78 is 5.75. The van der Waals surface area contributed by atoms with Crippen molar-refractivity contribution in [1.29, 1.82) is 0 Å². The number of carbonyl (C=O) groups is 2. The van der Waals surface area contributed by atoms with Gasteiger partial charge in [-0.25, -0.2) is 0 Å². The van der Waals surface area contributed by atoms with E-state index < -0.39 is 0 Å². The molecule has 0 unspecified atom stereocenters. The Kier molecular flexibility index (Phi) is 5.26. The molecule has 1 aromatic carbocycles. The van der Waals surface area contributed by atoms with Crippen molar-refractivity contribution < 1.29 is 14.3 Å². The Morgan fingerprint density at radius 1 is 1.06 bits per heavy atom. The van der Waals surface area contributed by atoms with Gasteiger partial charge in [0.05, 0.1) is 6.10 Å². The minimum Gasteiger partial charge on any atom is -0.491 e. The molecule has 2 saturated carbocycles. The van der Waals surface area contributed by atoms with E-state index in [0.717, 1.165) is 50.0 Å². The molecule has 32 heavy (non-hydrogen) atoms. The zero-order valence-electron chi connectivity index (χ0n) is 19.9. The highest BCUT2D eigenvalue weighted by atomic mass is 16.5. The lowest BCUT2D eigenvalue weighted by Gasteiger charge is -2.58. The van der Waals surface area contributed by atoms with Crippen molar-refractivity contribution in [2.45, 2.75) is 72.3 Å². The van der Waals surface area contributed by atoms with E-state index in [1.807, 2.05) is 44.2 Å². The molecule has 1 N–H and O–H groups in total. The lowest BCUT2D eigenvalue weighted by Crippen LogP contribution is -2.57. The van der Waals surface area contributed by atoms with Gasteiger partial charge in [0.15, 0.2) is 11.6 Å². The number of piperidine rings is 1. The molecule has 4 heteroatoms. The van der Waals surface area contributed by atoms with Crippen molar-refractivity contribution in [1.82, 2.24) is 5.32 Å². The van der Waals surface area contributed by atoms with Crippen molar-refractivity contribution in [3.63, 3.8) is 0 Å². The molecule has 1 heterocycles. The number of ether oxygens (including phenoxy) is 1. The van der Waals surface area contributed by atoms with Gasteiger partial charge in [-0.15, -0.1) is 0 Å². The first-order valence-electron chi connectivity index (χ1n) is 12.5. The number of Topliss-reactive ketones (excluding diaryl/α,β-unsaturated/α-hetero) is 1. The normalized spacial score (nSPS) is 38.3. The molecule has 6 atom stereocenters. The summed E-state index contributed by atoms with van der Waals surface area (Å²) in [5, 5.41) is 3.66. The fourth-order valence-corrected chi connectivity index (χ4v) is 7.75. The zero-order chi connectivity index (χ0) is 22.7.